The van der Waals surface area contributed by atoms with E-state index in [1.54, 1.807) is 18.8 Å². The van der Waals surface area contributed by atoms with Gasteiger partial charge in [-0.15, -0.1) is 0 Å². The predicted octanol–water partition coefficient (Wildman–Crippen LogP) is 5.67. The van der Waals surface area contributed by atoms with Crippen LogP contribution in [0.25, 0.3) is 11.1 Å². The number of hydrogen-bond donors (Lipinski definition) is 1. The maximum atomic E-state index is 5.74. The maximum absolute atomic E-state index is 5.74. The van der Waals surface area contributed by atoms with Crippen LogP contribution in [0, 0.1) is 0 Å². The van der Waals surface area contributed by atoms with E-state index in [-0.39, 0.29) is 6.04 Å². The van der Waals surface area contributed by atoms with Crippen molar-refractivity contribution >= 4 is 5.69 Å². The molecule has 1 N–H and O–H groups in total. The Morgan fingerprint density at radius 1 is 0.963 bits per heavy atom. The second-order valence-corrected chi connectivity index (χ2v) is 7.04. The summed E-state index contributed by atoms with van der Waals surface area (Å²) < 4.78 is 11.1. The molecular weight excluding hydrogens is 334 g/mol. The molecule has 0 saturated carbocycles. The van der Waals surface area contributed by atoms with Gasteiger partial charge in [-0.1, -0.05) is 48.6 Å². The van der Waals surface area contributed by atoms with Gasteiger partial charge in [0.25, 0.3) is 0 Å². The van der Waals surface area contributed by atoms with Crippen molar-refractivity contribution in [2.45, 2.75) is 25.3 Å². The van der Waals surface area contributed by atoms with E-state index in [0.717, 1.165) is 30.7 Å². The zero-order valence-corrected chi connectivity index (χ0v) is 15.0. The molecule has 5 rings (SSSR count). The van der Waals surface area contributed by atoms with Gasteiger partial charge in [0, 0.05) is 5.69 Å². The number of fused-ring (bicyclic) bond motifs is 3. The summed E-state index contributed by atoms with van der Waals surface area (Å²) in [4.78, 5) is 0. The summed E-state index contributed by atoms with van der Waals surface area (Å²) in [7, 11) is 0. The number of hydrogen-bond acceptors (Lipinski definition) is 3. The molecule has 1 aliphatic heterocycles. The van der Waals surface area contributed by atoms with Gasteiger partial charge in [-0.2, -0.15) is 0 Å². The summed E-state index contributed by atoms with van der Waals surface area (Å²) >= 11 is 0. The van der Waals surface area contributed by atoms with Crippen molar-refractivity contribution in [2.24, 2.45) is 0 Å². The van der Waals surface area contributed by atoms with Crippen LogP contribution in [0.15, 0.2) is 90.8 Å². The van der Waals surface area contributed by atoms with Gasteiger partial charge in [0.15, 0.2) is 5.76 Å². The van der Waals surface area contributed by atoms with Crippen LogP contribution < -0.4 is 5.32 Å². The first-order valence-corrected chi connectivity index (χ1v) is 9.39. The van der Waals surface area contributed by atoms with Crippen molar-refractivity contribution in [3.63, 3.8) is 0 Å². The first kappa shape index (κ1) is 16.0. The Balaban J connectivity index is 1.45. The quantitative estimate of drug-likeness (QED) is 0.654. The molecule has 134 valence electrons. The highest BCUT2D eigenvalue weighted by molar-refractivity contribution is 5.78. The van der Waals surface area contributed by atoms with Gasteiger partial charge in [-0.05, 0) is 59.2 Å². The summed E-state index contributed by atoms with van der Waals surface area (Å²) in [5, 5.41) is 3.67. The Hall–Kier alpha value is -3.20. The van der Waals surface area contributed by atoms with Crippen molar-refractivity contribution in [1.82, 2.24) is 0 Å². The first-order valence-electron chi connectivity index (χ1n) is 9.39. The highest BCUT2D eigenvalue weighted by Crippen LogP contribution is 2.38. The topological polar surface area (TPSA) is 30.5 Å². The van der Waals surface area contributed by atoms with Crippen LogP contribution in [-0.2, 0) is 15.9 Å². The number of benzene rings is 2. The van der Waals surface area contributed by atoms with Crippen LogP contribution in [0.1, 0.15) is 24.0 Å². The van der Waals surface area contributed by atoms with E-state index in [1.807, 2.05) is 0 Å². The van der Waals surface area contributed by atoms with E-state index >= 15 is 0 Å². The third kappa shape index (κ3) is 3.06. The van der Waals surface area contributed by atoms with Gasteiger partial charge in [0.2, 0.25) is 0 Å². The molecule has 27 heavy (non-hydrogen) atoms. The molecule has 1 atom stereocenters. The third-order valence-corrected chi connectivity index (χ3v) is 5.33. The van der Waals surface area contributed by atoms with Gasteiger partial charge in [0.1, 0.15) is 24.8 Å². The highest BCUT2D eigenvalue weighted by atomic mass is 16.5. The van der Waals surface area contributed by atoms with Gasteiger partial charge in [0.05, 0.1) is 0 Å². The predicted molar refractivity (Wildman–Crippen MR) is 108 cm³/mol. The summed E-state index contributed by atoms with van der Waals surface area (Å²) in [5.41, 5.74) is 7.86. The molecule has 0 spiro atoms. The van der Waals surface area contributed by atoms with Crippen LogP contribution in [0.2, 0.25) is 0 Å². The highest BCUT2D eigenvalue weighted by Gasteiger charge is 2.24. The molecule has 3 nitrogen and oxygen atoms in total. The van der Waals surface area contributed by atoms with E-state index < -0.39 is 0 Å². The van der Waals surface area contributed by atoms with Crippen LogP contribution in [-0.4, -0.2) is 6.04 Å². The molecule has 2 aromatic rings. The van der Waals surface area contributed by atoms with Crippen LogP contribution >= 0.6 is 0 Å². The molecule has 0 fully saturated rings. The number of allylic oxidation sites excluding steroid dienone is 3. The van der Waals surface area contributed by atoms with E-state index in [0.29, 0.717) is 0 Å². The van der Waals surface area contributed by atoms with Crippen molar-refractivity contribution in [1.29, 1.82) is 0 Å². The summed E-state index contributed by atoms with van der Waals surface area (Å²) in [6.45, 7) is 0. The lowest BCUT2D eigenvalue weighted by molar-refractivity contribution is 0.245. The fourth-order valence-corrected chi connectivity index (χ4v) is 4.02. The van der Waals surface area contributed by atoms with Crippen LogP contribution in [0.3, 0.4) is 0 Å². The Morgan fingerprint density at radius 2 is 1.89 bits per heavy atom. The zero-order valence-electron chi connectivity index (χ0n) is 15.0. The van der Waals surface area contributed by atoms with Crippen LogP contribution in [0.4, 0.5) is 5.69 Å². The van der Waals surface area contributed by atoms with E-state index in [4.69, 9.17) is 9.47 Å². The third-order valence-electron chi connectivity index (χ3n) is 5.33. The summed E-state index contributed by atoms with van der Waals surface area (Å²) in [6.07, 6.45) is 14.3. The number of ether oxygens (including phenoxy) is 2. The number of anilines is 1. The van der Waals surface area contributed by atoms with Crippen molar-refractivity contribution in [3.05, 3.63) is 102 Å². The normalized spacial score (nSPS) is 17.8. The van der Waals surface area contributed by atoms with Crippen molar-refractivity contribution in [2.75, 3.05) is 5.32 Å². The second-order valence-electron chi connectivity index (χ2n) is 7.04. The first-order chi connectivity index (χ1) is 13.4. The Kier molecular flexibility index (Phi) is 4.06. The Morgan fingerprint density at radius 3 is 2.74 bits per heavy atom. The molecule has 2 aliphatic carbocycles. The fraction of sp³-hybridized carbons (Fsp3) is 0.167. The summed E-state index contributed by atoms with van der Waals surface area (Å²) in [6, 6.07) is 15.3. The molecule has 1 heterocycles. The Bertz CT molecular complexity index is 997. The van der Waals surface area contributed by atoms with Crippen LogP contribution in [0.5, 0.6) is 0 Å². The number of rotatable bonds is 4. The van der Waals surface area contributed by atoms with E-state index in [1.165, 1.54) is 27.8 Å². The van der Waals surface area contributed by atoms with Crippen molar-refractivity contribution < 1.29 is 9.47 Å². The maximum Gasteiger partial charge on any atom is 0.165 e. The van der Waals surface area contributed by atoms with Gasteiger partial charge in [-0.25, -0.2) is 0 Å². The molecule has 3 aliphatic rings. The lowest BCUT2D eigenvalue weighted by Gasteiger charge is -2.26. The average Bonchev–Trinajstić information content (AvgIpc) is 3.11. The lowest BCUT2D eigenvalue weighted by atomic mass is 9.96. The summed E-state index contributed by atoms with van der Waals surface area (Å²) in [5.74, 6) is 0.780. The second kappa shape index (κ2) is 6.84. The average molecular weight is 355 g/mol. The van der Waals surface area contributed by atoms with Gasteiger partial charge in [-0.3, -0.25) is 0 Å². The number of nitrogens with one attached hydrogen (secondary N) is 1. The lowest BCUT2D eigenvalue weighted by Crippen LogP contribution is -2.27. The molecule has 2 aromatic carbocycles. The standard InChI is InChI=1S/C24H21NO2/c1-2-6-17(7-3-1)24(23-16-26-12-13-27-23)25-20-10-11-22-19(15-20)14-18-8-4-5-9-21(18)22/h1-2,4-6,8-13,15-16,24-25H,3,7,14H2. The minimum Gasteiger partial charge on any atom is -0.466 e. The largest absolute Gasteiger partial charge is 0.466 e. The monoisotopic (exact) mass is 355 g/mol. The molecule has 0 aromatic heterocycles. The molecule has 0 bridgehead atoms. The van der Waals surface area contributed by atoms with Gasteiger partial charge >= 0.3 is 0 Å². The molecule has 0 saturated heterocycles. The molecule has 1 unspecified atom stereocenters. The van der Waals surface area contributed by atoms with Crippen molar-refractivity contribution in [3.8, 4) is 11.1 Å². The Labute approximate surface area is 159 Å². The smallest absolute Gasteiger partial charge is 0.165 e. The van der Waals surface area contributed by atoms with Gasteiger partial charge < -0.3 is 14.8 Å². The molecule has 0 amide bonds. The minimum absolute atomic E-state index is 0.0401. The molecular formula is C24H21NO2. The fourth-order valence-electron chi connectivity index (χ4n) is 4.02. The SMILES string of the molecule is C1=CCCC(C(Nc2ccc3c(c2)Cc2ccccc2-3)C2=COC=CO2)=C1. The molecule has 3 heteroatoms. The van der Waals surface area contributed by atoms with E-state index in [9.17, 15) is 0 Å². The minimum atomic E-state index is -0.0401. The molecule has 0 radical (unpaired) electrons. The van der Waals surface area contributed by atoms with E-state index in [2.05, 4.69) is 66.0 Å². The zero-order chi connectivity index (χ0) is 18.1.